The van der Waals surface area contributed by atoms with Crippen molar-refractivity contribution in [2.24, 2.45) is 0 Å². The van der Waals surface area contributed by atoms with Crippen LogP contribution in [0.4, 0.5) is 13.2 Å². The van der Waals surface area contributed by atoms with E-state index in [0.717, 1.165) is 16.3 Å². The van der Waals surface area contributed by atoms with Gasteiger partial charge in [0, 0.05) is 11.6 Å². The molecule has 0 fully saturated rings. The number of halogens is 4. The first-order valence-corrected chi connectivity index (χ1v) is 6.86. The van der Waals surface area contributed by atoms with Crippen molar-refractivity contribution in [3.05, 3.63) is 31.1 Å². The summed E-state index contributed by atoms with van der Waals surface area (Å²) in [5, 5.41) is 3.51. The van der Waals surface area contributed by atoms with Gasteiger partial charge in [0.15, 0.2) is 5.69 Å². The first kappa shape index (κ1) is 14.6. The first-order valence-electron chi connectivity index (χ1n) is 4.37. The van der Waals surface area contributed by atoms with Gasteiger partial charge < -0.3 is 0 Å². The van der Waals surface area contributed by atoms with Crippen LogP contribution in [0.2, 0.25) is 0 Å². The fraction of sp³-hybridized carbons (Fsp3) is 0.333. The predicted octanol–water partition coefficient (Wildman–Crippen LogP) is 4.68. The van der Waals surface area contributed by atoms with Gasteiger partial charge in [-0.25, -0.2) is 4.98 Å². The zero-order valence-corrected chi connectivity index (χ0v) is 12.1. The number of thiazole rings is 2. The molecule has 2 nitrogen and oxygen atoms in total. The second-order valence-corrected chi connectivity index (χ2v) is 6.52. The fourth-order valence-corrected chi connectivity index (χ4v) is 2.98. The van der Waals surface area contributed by atoms with Gasteiger partial charge in [-0.1, -0.05) is 0 Å². The van der Waals surface area contributed by atoms with E-state index in [1.54, 1.807) is 17.5 Å². The second-order valence-electron chi connectivity index (χ2n) is 2.90. The highest BCUT2D eigenvalue weighted by atomic mass is 79.9. The Labute approximate surface area is 113 Å². The maximum atomic E-state index is 12.0. The average Bonchev–Trinajstić information content (AvgIpc) is 2.75. The van der Waals surface area contributed by atoms with E-state index >= 15 is 0 Å². The van der Waals surface area contributed by atoms with Crippen molar-refractivity contribution in [3.63, 3.8) is 0 Å². The third kappa shape index (κ3) is 4.72. The standard InChI is InChI=1S/C5H3BrF3NS.C4H5NS/c1-2-10-3(4(6)11-2)5(7,8)9;1-4-5-2-3-6-4/h1H3;2-3H,1H3. The highest BCUT2D eigenvalue weighted by Gasteiger charge is 2.36. The Hall–Kier alpha value is -0.470. The zero-order valence-electron chi connectivity index (χ0n) is 8.88. The van der Waals surface area contributed by atoms with Crippen molar-refractivity contribution in [1.82, 2.24) is 9.97 Å². The normalized spacial score (nSPS) is 10.9. The summed E-state index contributed by atoms with van der Waals surface area (Å²) in [6.07, 6.45) is -2.54. The predicted molar refractivity (Wildman–Crippen MR) is 66.4 cm³/mol. The van der Waals surface area contributed by atoms with Crippen LogP contribution >= 0.6 is 38.6 Å². The van der Waals surface area contributed by atoms with Gasteiger partial charge in [-0.3, -0.25) is 4.98 Å². The summed E-state index contributed by atoms with van der Waals surface area (Å²) >= 11 is 5.44. The summed E-state index contributed by atoms with van der Waals surface area (Å²) in [5.74, 6) is 0. The number of aromatic nitrogens is 2. The molecule has 0 radical (unpaired) electrons. The van der Waals surface area contributed by atoms with Crippen LogP contribution in [0.1, 0.15) is 15.7 Å². The number of hydrogen-bond acceptors (Lipinski definition) is 4. The Morgan fingerprint density at radius 2 is 1.88 bits per heavy atom. The minimum absolute atomic E-state index is 0.0440. The summed E-state index contributed by atoms with van der Waals surface area (Å²) in [6.45, 7) is 3.52. The summed E-state index contributed by atoms with van der Waals surface area (Å²) in [6, 6.07) is 0. The van der Waals surface area contributed by atoms with Gasteiger partial charge in [0.05, 0.1) is 10.0 Å². The van der Waals surface area contributed by atoms with E-state index in [4.69, 9.17) is 0 Å². The lowest BCUT2D eigenvalue weighted by Gasteiger charge is -2.00. The average molecular weight is 345 g/mol. The molecule has 0 aliphatic heterocycles. The monoisotopic (exact) mass is 344 g/mol. The topological polar surface area (TPSA) is 25.8 Å². The molecule has 0 N–H and O–H groups in total. The quantitative estimate of drug-likeness (QED) is 0.693. The maximum Gasteiger partial charge on any atom is 0.435 e. The summed E-state index contributed by atoms with van der Waals surface area (Å²) in [4.78, 5) is 7.26. The molecule has 0 aliphatic rings. The third-order valence-electron chi connectivity index (χ3n) is 1.52. The summed E-state index contributed by atoms with van der Waals surface area (Å²) in [5.41, 5.74) is -0.833. The number of rotatable bonds is 0. The molecule has 0 unspecified atom stereocenters. The molecule has 0 saturated heterocycles. The molecule has 8 heteroatoms. The SMILES string of the molecule is Cc1nc(C(F)(F)F)c(Br)s1.Cc1nccs1. The van der Waals surface area contributed by atoms with Gasteiger partial charge in [0.25, 0.3) is 0 Å². The van der Waals surface area contributed by atoms with Crippen molar-refractivity contribution in [1.29, 1.82) is 0 Å². The summed E-state index contributed by atoms with van der Waals surface area (Å²) in [7, 11) is 0. The van der Waals surface area contributed by atoms with Crippen molar-refractivity contribution in [3.8, 4) is 0 Å². The van der Waals surface area contributed by atoms with Crippen LogP contribution in [0.25, 0.3) is 0 Å². The molecule has 0 aliphatic carbocycles. The molecule has 94 valence electrons. The van der Waals surface area contributed by atoms with Gasteiger partial charge in [0.2, 0.25) is 0 Å². The van der Waals surface area contributed by atoms with Crippen LogP contribution < -0.4 is 0 Å². The van der Waals surface area contributed by atoms with Crippen molar-refractivity contribution in [2.45, 2.75) is 20.0 Å². The van der Waals surface area contributed by atoms with E-state index < -0.39 is 11.9 Å². The van der Waals surface area contributed by atoms with E-state index in [-0.39, 0.29) is 3.79 Å². The minimum atomic E-state index is -4.34. The van der Waals surface area contributed by atoms with Crippen molar-refractivity contribution < 1.29 is 13.2 Å². The smallest absolute Gasteiger partial charge is 0.250 e. The lowest BCUT2D eigenvalue weighted by atomic mass is 10.5. The van der Waals surface area contributed by atoms with E-state index in [9.17, 15) is 13.2 Å². The highest BCUT2D eigenvalue weighted by molar-refractivity contribution is 9.11. The molecule has 0 spiro atoms. The molecule has 0 bridgehead atoms. The molecule has 0 atom stereocenters. The maximum absolute atomic E-state index is 12.0. The number of alkyl halides is 3. The van der Waals surface area contributed by atoms with Crippen LogP contribution in [0.15, 0.2) is 15.4 Å². The van der Waals surface area contributed by atoms with Gasteiger partial charge in [0.1, 0.15) is 3.79 Å². The van der Waals surface area contributed by atoms with Crippen LogP contribution in [-0.4, -0.2) is 9.97 Å². The van der Waals surface area contributed by atoms with Gasteiger partial charge in [-0.15, -0.1) is 22.7 Å². The lowest BCUT2D eigenvalue weighted by molar-refractivity contribution is -0.141. The van der Waals surface area contributed by atoms with Crippen LogP contribution in [0, 0.1) is 13.8 Å². The molecule has 2 heterocycles. The number of aryl methyl sites for hydroxylation is 2. The van der Waals surface area contributed by atoms with Crippen molar-refractivity contribution in [2.75, 3.05) is 0 Å². The highest BCUT2D eigenvalue weighted by Crippen LogP contribution is 2.37. The lowest BCUT2D eigenvalue weighted by Crippen LogP contribution is -2.05. The van der Waals surface area contributed by atoms with Crippen LogP contribution in [0.5, 0.6) is 0 Å². The summed E-state index contributed by atoms with van der Waals surface area (Å²) < 4.78 is 36.0. The van der Waals surface area contributed by atoms with E-state index in [0.29, 0.717) is 5.01 Å². The van der Waals surface area contributed by atoms with Gasteiger partial charge >= 0.3 is 6.18 Å². The van der Waals surface area contributed by atoms with Gasteiger partial charge in [-0.05, 0) is 29.8 Å². The molecule has 2 aromatic rings. The third-order valence-corrected chi connectivity index (χ3v) is 3.84. The molecular weight excluding hydrogens is 337 g/mol. The Kier molecular flexibility index (Phi) is 5.08. The van der Waals surface area contributed by atoms with Crippen LogP contribution in [-0.2, 0) is 6.18 Å². The Morgan fingerprint density at radius 1 is 1.24 bits per heavy atom. The van der Waals surface area contributed by atoms with E-state index in [1.165, 1.54) is 6.92 Å². The van der Waals surface area contributed by atoms with Gasteiger partial charge in [-0.2, -0.15) is 13.2 Å². The molecule has 2 aromatic heterocycles. The first-order chi connectivity index (χ1) is 7.80. The van der Waals surface area contributed by atoms with Crippen molar-refractivity contribution >= 4 is 38.6 Å². The molecule has 0 amide bonds. The Bertz CT molecular complexity index is 465. The van der Waals surface area contributed by atoms with Crippen LogP contribution in [0.3, 0.4) is 0 Å². The fourth-order valence-electron chi connectivity index (χ4n) is 0.872. The Morgan fingerprint density at radius 3 is 2.06 bits per heavy atom. The zero-order chi connectivity index (χ0) is 13.1. The number of hydrogen-bond donors (Lipinski definition) is 0. The molecular formula is C9H8BrF3N2S2. The number of nitrogens with zero attached hydrogens (tertiary/aromatic N) is 2. The minimum Gasteiger partial charge on any atom is -0.250 e. The largest absolute Gasteiger partial charge is 0.435 e. The Balaban J connectivity index is 0.000000202. The van der Waals surface area contributed by atoms with E-state index in [2.05, 4.69) is 25.9 Å². The molecule has 17 heavy (non-hydrogen) atoms. The molecule has 0 aromatic carbocycles. The second kappa shape index (κ2) is 5.92. The van der Waals surface area contributed by atoms with E-state index in [1.807, 2.05) is 12.3 Å². The molecule has 0 saturated carbocycles. The molecule has 2 rings (SSSR count).